The van der Waals surface area contributed by atoms with Crippen LogP contribution in [-0.2, 0) is 4.74 Å². The molecule has 0 aliphatic rings. The highest BCUT2D eigenvalue weighted by atomic mass is 16.5. The van der Waals surface area contributed by atoms with Gasteiger partial charge in [0.25, 0.3) is 0 Å². The van der Waals surface area contributed by atoms with Gasteiger partial charge in [-0.2, -0.15) is 0 Å². The summed E-state index contributed by atoms with van der Waals surface area (Å²) in [6.07, 6.45) is -0.0185. The van der Waals surface area contributed by atoms with E-state index >= 15 is 0 Å². The number of benzene rings is 1. The van der Waals surface area contributed by atoms with Gasteiger partial charge in [0.1, 0.15) is 6.10 Å². The number of methoxy groups -OCH3 is 2. The van der Waals surface area contributed by atoms with E-state index in [-0.39, 0.29) is 12.1 Å². The Morgan fingerprint density at radius 3 is 2.41 bits per heavy atom. The average Bonchev–Trinajstić information content (AvgIpc) is 2.29. The van der Waals surface area contributed by atoms with Crippen molar-refractivity contribution >= 4 is 0 Å². The Labute approximate surface area is 103 Å². The van der Waals surface area contributed by atoms with Gasteiger partial charge in [0, 0.05) is 13.2 Å². The van der Waals surface area contributed by atoms with Crippen molar-refractivity contribution in [1.29, 1.82) is 0 Å². The fraction of sp³-hybridized carbons (Fsp3) is 0.538. The Morgan fingerprint density at radius 2 is 1.88 bits per heavy atom. The minimum atomic E-state index is -0.0191. The lowest BCUT2D eigenvalue weighted by Crippen LogP contribution is -2.18. The van der Waals surface area contributed by atoms with Gasteiger partial charge < -0.3 is 19.9 Å². The summed E-state index contributed by atoms with van der Waals surface area (Å²) in [7, 11) is 3.27. The van der Waals surface area contributed by atoms with Crippen LogP contribution in [0.3, 0.4) is 0 Å². The largest absolute Gasteiger partial charge is 0.493 e. The molecule has 1 aromatic rings. The quantitative estimate of drug-likeness (QED) is 0.826. The fourth-order valence-electron chi connectivity index (χ4n) is 1.55. The van der Waals surface area contributed by atoms with Crippen LogP contribution in [-0.4, -0.2) is 26.9 Å². The van der Waals surface area contributed by atoms with Crippen LogP contribution in [0.25, 0.3) is 0 Å². The van der Waals surface area contributed by atoms with Crippen molar-refractivity contribution in [2.75, 3.05) is 20.8 Å². The SMILES string of the molecule is COCC(C)Oc1ccc([C@@H](C)N)cc1OC. The predicted molar refractivity (Wildman–Crippen MR) is 67.6 cm³/mol. The number of hydrogen-bond acceptors (Lipinski definition) is 4. The summed E-state index contributed by atoms with van der Waals surface area (Å²) < 4.78 is 16.0. The second kappa shape index (κ2) is 6.47. The molecular formula is C13H21NO3. The van der Waals surface area contributed by atoms with E-state index in [1.807, 2.05) is 32.0 Å². The summed E-state index contributed by atoms with van der Waals surface area (Å²) in [5.41, 5.74) is 6.84. The minimum absolute atomic E-state index is 0.0185. The van der Waals surface area contributed by atoms with E-state index in [1.165, 1.54) is 0 Å². The zero-order chi connectivity index (χ0) is 12.8. The first-order chi connectivity index (χ1) is 8.08. The number of rotatable bonds is 6. The summed E-state index contributed by atoms with van der Waals surface area (Å²) in [6, 6.07) is 5.71. The Kier molecular flexibility index (Phi) is 5.25. The van der Waals surface area contributed by atoms with E-state index in [4.69, 9.17) is 19.9 Å². The summed E-state index contributed by atoms with van der Waals surface area (Å²) in [5, 5.41) is 0. The van der Waals surface area contributed by atoms with Crippen LogP contribution in [0.2, 0.25) is 0 Å². The lowest BCUT2D eigenvalue weighted by atomic mass is 10.1. The van der Waals surface area contributed by atoms with Crippen molar-refractivity contribution in [3.8, 4) is 11.5 Å². The number of ether oxygens (including phenoxy) is 3. The molecule has 0 radical (unpaired) electrons. The van der Waals surface area contributed by atoms with Crippen molar-refractivity contribution in [2.24, 2.45) is 5.73 Å². The van der Waals surface area contributed by atoms with Crippen LogP contribution in [0.4, 0.5) is 0 Å². The molecule has 1 aromatic carbocycles. The zero-order valence-corrected chi connectivity index (χ0v) is 10.9. The van der Waals surface area contributed by atoms with Crippen LogP contribution in [0.15, 0.2) is 18.2 Å². The standard InChI is InChI=1S/C13H21NO3/c1-9(8-15-3)17-12-6-5-11(10(2)14)7-13(12)16-4/h5-7,9-10H,8,14H2,1-4H3/t9?,10-/m1/s1. The molecular weight excluding hydrogens is 218 g/mol. The molecule has 2 atom stereocenters. The molecule has 0 saturated carbocycles. The zero-order valence-electron chi connectivity index (χ0n) is 10.9. The van der Waals surface area contributed by atoms with Crippen LogP contribution in [0.5, 0.6) is 11.5 Å². The molecule has 0 aliphatic carbocycles. The van der Waals surface area contributed by atoms with Gasteiger partial charge in [-0.25, -0.2) is 0 Å². The number of nitrogens with two attached hydrogens (primary N) is 1. The van der Waals surface area contributed by atoms with Crippen molar-refractivity contribution in [1.82, 2.24) is 0 Å². The first-order valence-electron chi connectivity index (χ1n) is 5.67. The van der Waals surface area contributed by atoms with Gasteiger partial charge in [-0.1, -0.05) is 6.07 Å². The molecule has 0 amide bonds. The molecule has 4 nitrogen and oxygen atoms in total. The van der Waals surface area contributed by atoms with Gasteiger partial charge in [0.05, 0.1) is 13.7 Å². The Morgan fingerprint density at radius 1 is 1.18 bits per heavy atom. The second-order valence-corrected chi connectivity index (χ2v) is 4.08. The van der Waals surface area contributed by atoms with E-state index in [0.29, 0.717) is 18.1 Å². The molecule has 1 unspecified atom stereocenters. The van der Waals surface area contributed by atoms with E-state index in [9.17, 15) is 0 Å². The monoisotopic (exact) mass is 239 g/mol. The Balaban J connectivity index is 2.85. The van der Waals surface area contributed by atoms with Gasteiger partial charge in [-0.15, -0.1) is 0 Å². The summed E-state index contributed by atoms with van der Waals surface area (Å²) in [4.78, 5) is 0. The molecule has 96 valence electrons. The van der Waals surface area contributed by atoms with Crippen LogP contribution < -0.4 is 15.2 Å². The molecule has 0 aliphatic heterocycles. The van der Waals surface area contributed by atoms with Gasteiger partial charge in [-0.05, 0) is 31.5 Å². The summed E-state index contributed by atoms with van der Waals surface area (Å²) in [5.74, 6) is 1.41. The lowest BCUT2D eigenvalue weighted by molar-refractivity contribution is 0.0899. The third-order valence-corrected chi connectivity index (χ3v) is 2.44. The maximum atomic E-state index is 5.82. The fourth-order valence-corrected chi connectivity index (χ4v) is 1.55. The molecule has 0 bridgehead atoms. The molecule has 4 heteroatoms. The van der Waals surface area contributed by atoms with Gasteiger partial charge in [0.2, 0.25) is 0 Å². The Bertz CT molecular complexity index is 353. The van der Waals surface area contributed by atoms with E-state index < -0.39 is 0 Å². The van der Waals surface area contributed by atoms with Crippen LogP contribution in [0.1, 0.15) is 25.5 Å². The molecule has 0 heterocycles. The normalized spacial score (nSPS) is 14.2. The van der Waals surface area contributed by atoms with Crippen molar-refractivity contribution in [3.05, 3.63) is 23.8 Å². The molecule has 17 heavy (non-hydrogen) atoms. The van der Waals surface area contributed by atoms with Crippen molar-refractivity contribution in [2.45, 2.75) is 26.0 Å². The minimum Gasteiger partial charge on any atom is -0.493 e. The maximum Gasteiger partial charge on any atom is 0.161 e. The molecule has 1 rings (SSSR count). The number of hydrogen-bond donors (Lipinski definition) is 1. The molecule has 0 fully saturated rings. The highest BCUT2D eigenvalue weighted by Crippen LogP contribution is 2.30. The first kappa shape index (κ1) is 13.8. The van der Waals surface area contributed by atoms with Gasteiger partial charge in [-0.3, -0.25) is 0 Å². The molecule has 0 aromatic heterocycles. The second-order valence-electron chi connectivity index (χ2n) is 4.08. The molecule has 2 N–H and O–H groups in total. The van der Waals surface area contributed by atoms with Crippen molar-refractivity contribution < 1.29 is 14.2 Å². The summed E-state index contributed by atoms with van der Waals surface area (Å²) >= 11 is 0. The van der Waals surface area contributed by atoms with Crippen LogP contribution >= 0.6 is 0 Å². The van der Waals surface area contributed by atoms with Gasteiger partial charge in [0.15, 0.2) is 11.5 Å². The van der Waals surface area contributed by atoms with E-state index in [0.717, 1.165) is 5.56 Å². The van der Waals surface area contributed by atoms with E-state index in [1.54, 1.807) is 14.2 Å². The van der Waals surface area contributed by atoms with E-state index in [2.05, 4.69) is 0 Å². The first-order valence-corrected chi connectivity index (χ1v) is 5.67. The average molecular weight is 239 g/mol. The topological polar surface area (TPSA) is 53.7 Å². The predicted octanol–water partition coefficient (Wildman–Crippen LogP) is 2.13. The summed E-state index contributed by atoms with van der Waals surface area (Å²) in [6.45, 7) is 4.42. The third kappa shape index (κ3) is 3.91. The third-order valence-electron chi connectivity index (χ3n) is 2.44. The molecule has 0 spiro atoms. The van der Waals surface area contributed by atoms with Crippen LogP contribution in [0, 0.1) is 0 Å². The van der Waals surface area contributed by atoms with Gasteiger partial charge >= 0.3 is 0 Å². The Hall–Kier alpha value is -1.26. The smallest absolute Gasteiger partial charge is 0.161 e. The molecule has 0 saturated heterocycles. The highest BCUT2D eigenvalue weighted by molar-refractivity contribution is 5.43. The maximum absolute atomic E-state index is 5.82. The highest BCUT2D eigenvalue weighted by Gasteiger charge is 2.11. The lowest BCUT2D eigenvalue weighted by Gasteiger charge is -2.17. The van der Waals surface area contributed by atoms with Crippen molar-refractivity contribution in [3.63, 3.8) is 0 Å².